The molecule has 80 heavy (non-hydrogen) atoms. The van der Waals surface area contributed by atoms with Gasteiger partial charge in [-0.25, -0.2) is 0 Å². The summed E-state index contributed by atoms with van der Waals surface area (Å²) in [5, 5.41) is 0. The molecular formula is C74H122O6. The molecule has 6 nitrogen and oxygen atoms in total. The van der Waals surface area contributed by atoms with Crippen molar-refractivity contribution < 1.29 is 28.6 Å². The number of rotatable bonds is 59. The van der Waals surface area contributed by atoms with Crippen molar-refractivity contribution in [2.75, 3.05) is 13.2 Å². The maximum atomic E-state index is 12.9. The van der Waals surface area contributed by atoms with Crippen molar-refractivity contribution in [3.8, 4) is 0 Å². The van der Waals surface area contributed by atoms with E-state index in [0.717, 1.165) is 135 Å². The number of ether oxygens (including phenoxy) is 3. The lowest BCUT2D eigenvalue weighted by molar-refractivity contribution is -0.167. The van der Waals surface area contributed by atoms with Crippen LogP contribution in [0.1, 0.15) is 297 Å². The zero-order chi connectivity index (χ0) is 57.8. The minimum atomic E-state index is -0.794. The number of hydrogen-bond acceptors (Lipinski definition) is 6. The largest absolute Gasteiger partial charge is 0.462 e. The van der Waals surface area contributed by atoms with Crippen LogP contribution in [0.25, 0.3) is 0 Å². The number of carbonyl (C=O) groups is 3. The van der Waals surface area contributed by atoms with Crippen molar-refractivity contribution in [2.45, 2.75) is 303 Å². The van der Waals surface area contributed by atoms with Gasteiger partial charge in [-0.15, -0.1) is 0 Å². The summed E-state index contributed by atoms with van der Waals surface area (Å²) >= 11 is 0. The van der Waals surface area contributed by atoms with Crippen LogP contribution in [0.2, 0.25) is 0 Å². The van der Waals surface area contributed by atoms with Crippen LogP contribution in [-0.4, -0.2) is 37.2 Å². The second-order valence-electron chi connectivity index (χ2n) is 21.6. The number of hydrogen-bond donors (Lipinski definition) is 0. The third kappa shape index (κ3) is 64.4. The summed E-state index contributed by atoms with van der Waals surface area (Å²) in [6, 6.07) is 0. The molecule has 1 atom stereocenters. The monoisotopic (exact) mass is 1110 g/mol. The third-order valence-electron chi connectivity index (χ3n) is 13.9. The Morgan fingerprint density at radius 3 is 0.775 bits per heavy atom. The maximum Gasteiger partial charge on any atom is 0.306 e. The van der Waals surface area contributed by atoms with Gasteiger partial charge in [0.2, 0.25) is 0 Å². The van der Waals surface area contributed by atoms with Gasteiger partial charge in [0.25, 0.3) is 0 Å². The number of esters is 3. The summed E-state index contributed by atoms with van der Waals surface area (Å²) < 4.78 is 16.9. The Hall–Kier alpha value is -4.45. The van der Waals surface area contributed by atoms with Gasteiger partial charge >= 0.3 is 17.9 Å². The van der Waals surface area contributed by atoms with E-state index in [1.807, 2.05) is 0 Å². The molecule has 0 aromatic carbocycles. The quantitative estimate of drug-likeness (QED) is 0.0261. The van der Waals surface area contributed by atoms with Gasteiger partial charge in [0.1, 0.15) is 13.2 Å². The molecule has 0 radical (unpaired) electrons. The molecule has 0 rings (SSSR count). The molecule has 0 N–H and O–H groups in total. The average Bonchev–Trinajstić information content (AvgIpc) is 3.46. The van der Waals surface area contributed by atoms with E-state index in [4.69, 9.17) is 14.2 Å². The summed E-state index contributed by atoms with van der Waals surface area (Å²) in [7, 11) is 0. The van der Waals surface area contributed by atoms with Gasteiger partial charge in [0, 0.05) is 19.3 Å². The first-order valence-corrected chi connectivity index (χ1v) is 33.2. The van der Waals surface area contributed by atoms with Gasteiger partial charge in [-0.3, -0.25) is 14.4 Å². The molecule has 0 bridgehead atoms. The van der Waals surface area contributed by atoms with Crippen molar-refractivity contribution in [1.29, 1.82) is 0 Å². The van der Waals surface area contributed by atoms with Crippen molar-refractivity contribution in [3.63, 3.8) is 0 Å². The number of allylic oxidation sites excluding steroid dienone is 22. The molecular weight excluding hydrogens is 985 g/mol. The summed E-state index contributed by atoms with van der Waals surface area (Å²) in [4.78, 5) is 38.3. The van der Waals surface area contributed by atoms with Gasteiger partial charge in [0.05, 0.1) is 0 Å². The van der Waals surface area contributed by atoms with Gasteiger partial charge < -0.3 is 14.2 Å². The van der Waals surface area contributed by atoms with Crippen LogP contribution in [-0.2, 0) is 28.6 Å². The second kappa shape index (κ2) is 67.1. The fourth-order valence-corrected chi connectivity index (χ4v) is 8.96. The van der Waals surface area contributed by atoms with E-state index in [1.165, 1.54) is 122 Å². The van der Waals surface area contributed by atoms with E-state index in [-0.39, 0.29) is 31.1 Å². The summed E-state index contributed by atoms with van der Waals surface area (Å²) in [5.41, 5.74) is 0. The van der Waals surface area contributed by atoms with E-state index < -0.39 is 6.10 Å². The fraction of sp³-hybridized carbons (Fsp3) is 0.662. The predicted molar refractivity (Wildman–Crippen MR) is 348 cm³/mol. The lowest BCUT2D eigenvalue weighted by Gasteiger charge is -2.18. The van der Waals surface area contributed by atoms with Gasteiger partial charge in [0.15, 0.2) is 6.10 Å². The molecule has 6 heteroatoms. The van der Waals surface area contributed by atoms with Gasteiger partial charge in [-0.05, 0) is 135 Å². The van der Waals surface area contributed by atoms with Crippen molar-refractivity contribution >= 4 is 17.9 Å². The second-order valence-corrected chi connectivity index (χ2v) is 21.6. The number of carbonyl (C=O) groups excluding carboxylic acids is 3. The van der Waals surface area contributed by atoms with E-state index in [1.54, 1.807) is 0 Å². The molecule has 0 fully saturated rings. The standard InChI is InChI=1S/C74H122O6/c1-4-7-10-13-16-19-22-25-27-29-31-33-35-36-37-38-40-41-43-45-47-49-52-55-58-61-64-67-73(76)79-70-71(69-78-72(75)66-63-60-57-54-51-24-21-18-15-12-9-6-3)80-74(77)68-65-62-59-56-53-50-48-46-44-42-39-34-32-30-28-26-23-20-17-14-11-8-5-2/h7-8,10-11,16-21,25-28,31-34,36-37,42,44,71H,4-6,9,12-15,22-24,29-30,35,38-41,43,45-70H2,1-3H3/b10-7-,11-8-,19-16-,20-17-,21-18-,27-25-,28-26-,33-31-,34-32-,37-36-,44-42-. The summed E-state index contributed by atoms with van der Waals surface area (Å²) in [5.74, 6) is -0.908. The summed E-state index contributed by atoms with van der Waals surface area (Å²) in [6.07, 6.45) is 94.6. The zero-order valence-electron chi connectivity index (χ0n) is 52.0. The van der Waals surface area contributed by atoms with Crippen LogP contribution in [0, 0.1) is 0 Å². The van der Waals surface area contributed by atoms with Crippen LogP contribution in [0.4, 0.5) is 0 Å². The minimum Gasteiger partial charge on any atom is -0.462 e. The lowest BCUT2D eigenvalue weighted by atomic mass is 10.0. The average molecular weight is 1110 g/mol. The molecule has 0 aliphatic carbocycles. The first-order chi connectivity index (χ1) is 39.5. The minimum absolute atomic E-state index is 0.0894. The lowest BCUT2D eigenvalue weighted by Crippen LogP contribution is -2.30. The molecule has 0 aromatic heterocycles. The predicted octanol–water partition coefficient (Wildman–Crippen LogP) is 22.9. The molecule has 0 saturated heterocycles. The zero-order valence-corrected chi connectivity index (χ0v) is 52.0. The first kappa shape index (κ1) is 75.5. The normalized spacial score (nSPS) is 13.0. The number of unbranched alkanes of at least 4 members (excludes halogenated alkanes) is 26. The Bertz CT molecular complexity index is 1700. The van der Waals surface area contributed by atoms with Crippen LogP contribution >= 0.6 is 0 Å². The SMILES string of the molecule is CC/C=C\C/C=C\C/C=C\C/C=C\C/C=C\CCCCCCCCCCCCCC(=O)OCC(COC(=O)CCCCCCC/C=C\CCCCC)OC(=O)CCCCCCCCC/C=C\C/C=C\C/C=C\C/C=C\C/C=C\CC. The Morgan fingerprint density at radius 2 is 0.487 bits per heavy atom. The van der Waals surface area contributed by atoms with E-state index in [9.17, 15) is 14.4 Å². The molecule has 0 amide bonds. The fourth-order valence-electron chi connectivity index (χ4n) is 8.96. The molecule has 0 aliphatic rings. The molecule has 0 heterocycles. The smallest absolute Gasteiger partial charge is 0.306 e. The van der Waals surface area contributed by atoms with Crippen molar-refractivity contribution in [2.24, 2.45) is 0 Å². The summed E-state index contributed by atoms with van der Waals surface area (Å²) in [6.45, 7) is 6.38. The Balaban J connectivity index is 4.33. The van der Waals surface area contributed by atoms with Gasteiger partial charge in [-0.2, -0.15) is 0 Å². The van der Waals surface area contributed by atoms with E-state index >= 15 is 0 Å². The molecule has 454 valence electrons. The molecule has 1 unspecified atom stereocenters. The van der Waals surface area contributed by atoms with Crippen molar-refractivity contribution in [3.05, 3.63) is 134 Å². The van der Waals surface area contributed by atoms with Gasteiger partial charge in [-0.1, -0.05) is 276 Å². The van der Waals surface area contributed by atoms with Crippen LogP contribution in [0.5, 0.6) is 0 Å². The molecule has 0 saturated carbocycles. The molecule has 0 aliphatic heterocycles. The molecule has 0 aromatic rings. The highest BCUT2D eigenvalue weighted by Crippen LogP contribution is 2.16. The van der Waals surface area contributed by atoms with Crippen molar-refractivity contribution in [1.82, 2.24) is 0 Å². The van der Waals surface area contributed by atoms with Crippen LogP contribution < -0.4 is 0 Å². The highest BCUT2D eigenvalue weighted by molar-refractivity contribution is 5.71. The molecule has 0 spiro atoms. The Kier molecular flexibility index (Phi) is 63.3. The maximum absolute atomic E-state index is 12.9. The topological polar surface area (TPSA) is 78.9 Å². The highest BCUT2D eigenvalue weighted by Gasteiger charge is 2.19. The first-order valence-electron chi connectivity index (χ1n) is 33.2. The Morgan fingerprint density at radius 1 is 0.263 bits per heavy atom. The van der Waals surface area contributed by atoms with E-state index in [0.29, 0.717) is 19.3 Å². The van der Waals surface area contributed by atoms with Crippen LogP contribution in [0.15, 0.2) is 134 Å². The Labute approximate surface area is 494 Å². The third-order valence-corrected chi connectivity index (χ3v) is 13.9. The van der Waals surface area contributed by atoms with E-state index in [2.05, 4.69) is 154 Å². The van der Waals surface area contributed by atoms with Crippen LogP contribution in [0.3, 0.4) is 0 Å². The highest BCUT2D eigenvalue weighted by atomic mass is 16.6.